The van der Waals surface area contributed by atoms with Crippen LogP contribution in [0.1, 0.15) is 33.9 Å². The van der Waals surface area contributed by atoms with Crippen LogP contribution in [-0.4, -0.2) is 0 Å². The Morgan fingerprint density at radius 3 is 2.25 bits per heavy atom. The van der Waals surface area contributed by atoms with E-state index in [1.165, 1.54) is 27.8 Å². The first-order chi connectivity index (χ1) is 9.49. The first-order valence-electron chi connectivity index (χ1n) is 6.79. The molecule has 0 spiro atoms. The van der Waals surface area contributed by atoms with Gasteiger partial charge in [-0.3, -0.25) is 11.3 Å². The third-order valence-electron chi connectivity index (χ3n) is 3.51. The molecular weight excluding hydrogens is 312 g/mol. The summed E-state index contributed by atoms with van der Waals surface area (Å²) in [6, 6.07) is 13.1. The van der Waals surface area contributed by atoms with Crippen molar-refractivity contribution in [1.82, 2.24) is 5.43 Å². The molecular formula is C17H21BrN2. The van der Waals surface area contributed by atoms with E-state index in [0.29, 0.717) is 0 Å². The van der Waals surface area contributed by atoms with Crippen molar-refractivity contribution in [2.24, 2.45) is 5.84 Å². The van der Waals surface area contributed by atoms with Gasteiger partial charge in [-0.25, -0.2) is 0 Å². The summed E-state index contributed by atoms with van der Waals surface area (Å²) in [5.74, 6) is 5.76. The molecule has 2 nitrogen and oxygen atoms in total. The average Bonchev–Trinajstić information content (AvgIpc) is 2.38. The molecule has 0 amide bonds. The lowest BCUT2D eigenvalue weighted by Crippen LogP contribution is -2.29. The summed E-state index contributed by atoms with van der Waals surface area (Å²) in [5, 5.41) is 0. The third kappa shape index (κ3) is 3.69. The quantitative estimate of drug-likeness (QED) is 0.652. The Bertz CT molecular complexity index is 588. The fourth-order valence-electron chi connectivity index (χ4n) is 2.58. The molecule has 2 rings (SSSR count). The number of nitrogens with two attached hydrogens (primary N) is 1. The molecule has 2 aromatic carbocycles. The molecule has 0 radical (unpaired) electrons. The van der Waals surface area contributed by atoms with Crippen molar-refractivity contribution in [1.29, 1.82) is 0 Å². The SMILES string of the molecule is Cc1cc(C)cc(CC(NN)c2ccc(Br)c(C)c2)c1. The molecule has 0 aliphatic heterocycles. The highest BCUT2D eigenvalue weighted by Gasteiger charge is 2.12. The lowest BCUT2D eigenvalue weighted by atomic mass is 9.96. The highest BCUT2D eigenvalue weighted by Crippen LogP contribution is 2.24. The van der Waals surface area contributed by atoms with E-state index in [1.807, 2.05) is 0 Å². The van der Waals surface area contributed by atoms with Crippen LogP contribution >= 0.6 is 15.9 Å². The van der Waals surface area contributed by atoms with E-state index in [4.69, 9.17) is 5.84 Å². The van der Waals surface area contributed by atoms with Crippen LogP contribution in [0.3, 0.4) is 0 Å². The summed E-state index contributed by atoms with van der Waals surface area (Å²) in [6.45, 7) is 6.36. The largest absolute Gasteiger partial charge is 0.271 e. The third-order valence-corrected chi connectivity index (χ3v) is 4.40. The van der Waals surface area contributed by atoms with Gasteiger partial charge in [-0.1, -0.05) is 57.4 Å². The van der Waals surface area contributed by atoms with Gasteiger partial charge in [0.15, 0.2) is 0 Å². The molecule has 106 valence electrons. The molecule has 0 aromatic heterocycles. The Labute approximate surface area is 129 Å². The lowest BCUT2D eigenvalue weighted by Gasteiger charge is -2.18. The molecule has 1 unspecified atom stereocenters. The molecule has 1 atom stereocenters. The number of hydrogen-bond acceptors (Lipinski definition) is 2. The smallest absolute Gasteiger partial charge is 0.0500 e. The first-order valence-corrected chi connectivity index (χ1v) is 7.58. The fourth-order valence-corrected chi connectivity index (χ4v) is 2.83. The van der Waals surface area contributed by atoms with Crippen LogP contribution in [0.25, 0.3) is 0 Å². The predicted octanol–water partition coefficient (Wildman–Crippen LogP) is 4.12. The fraction of sp³-hybridized carbons (Fsp3) is 0.294. The van der Waals surface area contributed by atoms with Gasteiger partial charge in [0.25, 0.3) is 0 Å². The monoisotopic (exact) mass is 332 g/mol. The highest BCUT2D eigenvalue weighted by molar-refractivity contribution is 9.10. The van der Waals surface area contributed by atoms with Crippen molar-refractivity contribution in [3.63, 3.8) is 0 Å². The maximum absolute atomic E-state index is 5.76. The molecule has 0 fully saturated rings. The van der Waals surface area contributed by atoms with Gasteiger partial charge in [0.05, 0.1) is 0 Å². The van der Waals surface area contributed by atoms with Gasteiger partial charge in [0.2, 0.25) is 0 Å². The molecule has 0 aliphatic rings. The number of hydrogen-bond donors (Lipinski definition) is 2. The Morgan fingerprint density at radius 2 is 1.70 bits per heavy atom. The van der Waals surface area contributed by atoms with E-state index in [-0.39, 0.29) is 6.04 Å². The summed E-state index contributed by atoms with van der Waals surface area (Å²) in [6.07, 6.45) is 0.889. The molecule has 0 aliphatic carbocycles. The maximum Gasteiger partial charge on any atom is 0.0500 e. The minimum Gasteiger partial charge on any atom is -0.271 e. The van der Waals surface area contributed by atoms with E-state index in [0.717, 1.165) is 10.9 Å². The van der Waals surface area contributed by atoms with Crippen LogP contribution in [0.4, 0.5) is 0 Å². The van der Waals surface area contributed by atoms with Crippen molar-refractivity contribution >= 4 is 15.9 Å². The van der Waals surface area contributed by atoms with E-state index < -0.39 is 0 Å². The van der Waals surface area contributed by atoms with Crippen LogP contribution in [0, 0.1) is 20.8 Å². The minimum absolute atomic E-state index is 0.128. The second kappa shape index (κ2) is 6.53. The maximum atomic E-state index is 5.76. The van der Waals surface area contributed by atoms with Gasteiger partial charge in [-0.05, 0) is 49.9 Å². The van der Waals surface area contributed by atoms with Crippen molar-refractivity contribution in [3.05, 3.63) is 68.7 Å². The Hall–Kier alpha value is -1.16. The summed E-state index contributed by atoms with van der Waals surface area (Å²) in [7, 11) is 0. The minimum atomic E-state index is 0.128. The summed E-state index contributed by atoms with van der Waals surface area (Å²) in [5.41, 5.74) is 9.28. The summed E-state index contributed by atoms with van der Waals surface area (Å²) in [4.78, 5) is 0. The molecule has 20 heavy (non-hydrogen) atoms. The van der Waals surface area contributed by atoms with Crippen LogP contribution < -0.4 is 11.3 Å². The molecule has 2 aromatic rings. The van der Waals surface area contributed by atoms with Gasteiger partial charge < -0.3 is 0 Å². The van der Waals surface area contributed by atoms with Gasteiger partial charge in [-0.2, -0.15) is 0 Å². The van der Waals surface area contributed by atoms with E-state index in [9.17, 15) is 0 Å². The second-order valence-corrected chi connectivity index (χ2v) is 6.28. The zero-order valence-corrected chi connectivity index (χ0v) is 13.8. The van der Waals surface area contributed by atoms with Crippen molar-refractivity contribution < 1.29 is 0 Å². The summed E-state index contributed by atoms with van der Waals surface area (Å²) >= 11 is 3.53. The second-order valence-electron chi connectivity index (χ2n) is 5.43. The number of aryl methyl sites for hydroxylation is 3. The van der Waals surface area contributed by atoms with Crippen molar-refractivity contribution in [2.45, 2.75) is 33.2 Å². The number of benzene rings is 2. The van der Waals surface area contributed by atoms with Crippen LogP contribution in [0.15, 0.2) is 40.9 Å². The van der Waals surface area contributed by atoms with Gasteiger partial charge in [0.1, 0.15) is 0 Å². The van der Waals surface area contributed by atoms with E-state index >= 15 is 0 Å². The van der Waals surface area contributed by atoms with Crippen LogP contribution in [0.5, 0.6) is 0 Å². The van der Waals surface area contributed by atoms with Gasteiger partial charge in [-0.15, -0.1) is 0 Å². The van der Waals surface area contributed by atoms with Crippen LogP contribution in [-0.2, 0) is 6.42 Å². The molecule has 3 N–H and O–H groups in total. The van der Waals surface area contributed by atoms with Gasteiger partial charge >= 0.3 is 0 Å². The zero-order chi connectivity index (χ0) is 14.7. The highest BCUT2D eigenvalue weighted by atomic mass is 79.9. The lowest BCUT2D eigenvalue weighted by molar-refractivity contribution is 0.551. The van der Waals surface area contributed by atoms with Gasteiger partial charge in [0, 0.05) is 10.5 Å². The molecule has 0 saturated carbocycles. The number of halogens is 1. The first kappa shape index (κ1) is 15.2. The Kier molecular flexibility index (Phi) is 4.97. The topological polar surface area (TPSA) is 38.0 Å². The summed E-state index contributed by atoms with van der Waals surface area (Å²) < 4.78 is 1.13. The van der Waals surface area contributed by atoms with Crippen molar-refractivity contribution in [2.75, 3.05) is 0 Å². The molecule has 3 heteroatoms. The van der Waals surface area contributed by atoms with Crippen molar-refractivity contribution in [3.8, 4) is 0 Å². The van der Waals surface area contributed by atoms with E-state index in [1.54, 1.807) is 0 Å². The van der Waals surface area contributed by atoms with E-state index in [2.05, 4.69) is 78.5 Å². The zero-order valence-electron chi connectivity index (χ0n) is 12.2. The average molecular weight is 333 g/mol. The standard InChI is InChI=1S/C17H21BrN2/c1-11-6-12(2)8-14(7-11)10-17(20-19)15-4-5-16(18)13(3)9-15/h4-9,17,20H,10,19H2,1-3H3. The predicted molar refractivity (Wildman–Crippen MR) is 88.6 cm³/mol. The number of hydrazine groups is 1. The Balaban J connectivity index is 2.26. The normalized spacial score (nSPS) is 12.4. The molecule has 0 bridgehead atoms. The Morgan fingerprint density at radius 1 is 1.05 bits per heavy atom. The number of nitrogens with one attached hydrogen (secondary N) is 1. The molecule has 0 saturated heterocycles. The number of rotatable bonds is 4. The molecule has 0 heterocycles. The van der Waals surface area contributed by atoms with Crippen LogP contribution in [0.2, 0.25) is 0 Å².